The standard InChI is InChI=1S/C30H24O3/c1-32-26-17-19-28-24(20-26)14-18-27(21-8-4-2-5-9-21)29(28)22-12-15-25(16-13-22)33-30(31)23-10-6-3-7-11-23/h2-13,15-17,19-20H,14,18H2,1H3. The van der Waals surface area contributed by atoms with E-state index in [4.69, 9.17) is 9.47 Å². The Balaban J connectivity index is 1.53. The molecule has 3 nitrogen and oxygen atoms in total. The molecule has 0 spiro atoms. The van der Waals surface area contributed by atoms with Crippen LogP contribution >= 0.6 is 0 Å². The highest BCUT2D eigenvalue weighted by Gasteiger charge is 2.22. The van der Waals surface area contributed by atoms with Gasteiger partial charge in [0.1, 0.15) is 11.5 Å². The molecule has 33 heavy (non-hydrogen) atoms. The van der Waals surface area contributed by atoms with Gasteiger partial charge in [-0.15, -0.1) is 0 Å². The van der Waals surface area contributed by atoms with Crippen molar-refractivity contribution in [1.82, 2.24) is 0 Å². The van der Waals surface area contributed by atoms with Gasteiger partial charge < -0.3 is 9.47 Å². The van der Waals surface area contributed by atoms with Gasteiger partial charge in [-0.3, -0.25) is 0 Å². The van der Waals surface area contributed by atoms with Gasteiger partial charge in [0.05, 0.1) is 12.7 Å². The summed E-state index contributed by atoms with van der Waals surface area (Å²) in [6.07, 6.45) is 1.91. The largest absolute Gasteiger partial charge is 0.497 e. The lowest BCUT2D eigenvalue weighted by molar-refractivity contribution is 0.0734. The van der Waals surface area contributed by atoms with Crippen molar-refractivity contribution in [2.75, 3.05) is 7.11 Å². The molecule has 0 N–H and O–H groups in total. The fraction of sp³-hybridized carbons (Fsp3) is 0.100. The van der Waals surface area contributed by atoms with Gasteiger partial charge in [-0.25, -0.2) is 4.79 Å². The van der Waals surface area contributed by atoms with E-state index >= 15 is 0 Å². The summed E-state index contributed by atoms with van der Waals surface area (Å²) in [6.45, 7) is 0. The number of fused-ring (bicyclic) bond motifs is 1. The van der Waals surface area contributed by atoms with Gasteiger partial charge in [0.2, 0.25) is 0 Å². The average Bonchev–Trinajstić information content (AvgIpc) is 2.89. The van der Waals surface area contributed by atoms with Crippen LogP contribution in [-0.2, 0) is 6.42 Å². The van der Waals surface area contributed by atoms with Gasteiger partial charge in [-0.2, -0.15) is 0 Å². The van der Waals surface area contributed by atoms with Crippen LogP contribution in [0.1, 0.15) is 39.0 Å². The molecule has 0 heterocycles. The first-order chi connectivity index (χ1) is 16.2. The van der Waals surface area contributed by atoms with Crippen LogP contribution in [0.2, 0.25) is 0 Å². The summed E-state index contributed by atoms with van der Waals surface area (Å²) in [5, 5.41) is 0. The number of carbonyl (C=O) groups is 1. The second kappa shape index (κ2) is 9.17. The van der Waals surface area contributed by atoms with E-state index in [2.05, 4.69) is 36.4 Å². The van der Waals surface area contributed by atoms with Crippen molar-refractivity contribution in [1.29, 1.82) is 0 Å². The fourth-order valence-corrected chi connectivity index (χ4v) is 4.38. The maximum atomic E-state index is 12.4. The van der Waals surface area contributed by atoms with Crippen LogP contribution < -0.4 is 9.47 Å². The summed E-state index contributed by atoms with van der Waals surface area (Å²) in [6, 6.07) is 33.7. The Kier molecular flexibility index (Phi) is 5.77. The third-order valence-corrected chi connectivity index (χ3v) is 6.01. The van der Waals surface area contributed by atoms with Gasteiger partial charge in [0.25, 0.3) is 0 Å². The lowest BCUT2D eigenvalue weighted by Gasteiger charge is -2.25. The minimum absolute atomic E-state index is 0.359. The first-order valence-corrected chi connectivity index (χ1v) is 11.1. The van der Waals surface area contributed by atoms with E-state index in [1.54, 1.807) is 19.2 Å². The van der Waals surface area contributed by atoms with E-state index in [-0.39, 0.29) is 5.97 Å². The third kappa shape index (κ3) is 4.31. The Morgan fingerprint density at radius 2 is 1.36 bits per heavy atom. The number of carbonyl (C=O) groups excluding carboxylic acids is 1. The van der Waals surface area contributed by atoms with Gasteiger partial charge in [0.15, 0.2) is 0 Å². The van der Waals surface area contributed by atoms with Crippen molar-refractivity contribution in [3.8, 4) is 11.5 Å². The van der Waals surface area contributed by atoms with E-state index in [0.29, 0.717) is 11.3 Å². The van der Waals surface area contributed by atoms with Crippen LogP contribution in [-0.4, -0.2) is 13.1 Å². The number of ether oxygens (including phenoxy) is 2. The lowest BCUT2D eigenvalue weighted by atomic mass is 9.79. The highest BCUT2D eigenvalue weighted by molar-refractivity contribution is 6.01. The molecule has 0 amide bonds. The summed E-state index contributed by atoms with van der Waals surface area (Å²) in [4.78, 5) is 12.4. The summed E-state index contributed by atoms with van der Waals surface area (Å²) in [7, 11) is 1.70. The molecule has 0 saturated heterocycles. The SMILES string of the molecule is COc1ccc2c(c1)CCC(c1ccccc1)=C2c1ccc(OC(=O)c2ccccc2)cc1. The topological polar surface area (TPSA) is 35.5 Å². The zero-order chi connectivity index (χ0) is 22.6. The second-order valence-electron chi connectivity index (χ2n) is 8.02. The molecule has 4 aromatic rings. The monoisotopic (exact) mass is 432 g/mol. The van der Waals surface area contributed by atoms with E-state index in [1.807, 2.05) is 54.6 Å². The predicted octanol–water partition coefficient (Wildman–Crippen LogP) is 6.82. The smallest absolute Gasteiger partial charge is 0.343 e. The van der Waals surface area contributed by atoms with Crippen molar-refractivity contribution in [3.05, 3.63) is 131 Å². The molecule has 1 aliphatic rings. The molecule has 162 valence electrons. The molecule has 0 bridgehead atoms. The molecule has 5 rings (SSSR count). The number of rotatable bonds is 5. The van der Waals surface area contributed by atoms with E-state index in [1.165, 1.54) is 27.8 Å². The molecule has 0 saturated carbocycles. The van der Waals surface area contributed by atoms with Gasteiger partial charge >= 0.3 is 5.97 Å². The highest BCUT2D eigenvalue weighted by Crippen LogP contribution is 2.42. The van der Waals surface area contributed by atoms with Crippen LogP contribution in [0, 0.1) is 0 Å². The minimum Gasteiger partial charge on any atom is -0.497 e. The van der Waals surface area contributed by atoms with Crippen molar-refractivity contribution < 1.29 is 14.3 Å². The molecule has 0 atom stereocenters. The Bertz CT molecular complexity index is 1300. The molecule has 0 aliphatic heterocycles. The molecular formula is C30H24O3. The molecule has 0 fully saturated rings. The van der Waals surface area contributed by atoms with Crippen LogP contribution in [0.5, 0.6) is 11.5 Å². The second-order valence-corrected chi connectivity index (χ2v) is 8.02. The molecule has 3 heteroatoms. The molecule has 0 aromatic heterocycles. The first-order valence-electron chi connectivity index (χ1n) is 11.1. The number of allylic oxidation sites excluding steroid dienone is 1. The quantitative estimate of drug-likeness (QED) is 0.256. The van der Waals surface area contributed by atoms with E-state index in [0.717, 1.165) is 24.2 Å². The lowest BCUT2D eigenvalue weighted by Crippen LogP contribution is -2.08. The maximum Gasteiger partial charge on any atom is 0.343 e. The number of hydrogen-bond acceptors (Lipinski definition) is 3. The fourth-order valence-electron chi connectivity index (χ4n) is 4.38. The Labute approximate surface area is 193 Å². The van der Waals surface area contributed by atoms with Gasteiger partial charge in [-0.1, -0.05) is 66.7 Å². The predicted molar refractivity (Wildman–Crippen MR) is 132 cm³/mol. The Morgan fingerprint density at radius 3 is 2.06 bits per heavy atom. The van der Waals surface area contributed by atoms with E-state index < -0.39 is 0 Å². The van der Waals surface area contributed by atoms with Crippen LogP contribution in [0.3, 0.4) is 0 Å². The number of hydrogen-bond donors (Lipinski definition) is 0. The molecule has 0 radical (unpaired) electrons. The molecule has 1 aliphatic carbocycles. The summed E-state index contributed by atoms with van der Waals surface area (Å²) in [5.41, 5.74) is 7.89. The zero-order valence-corrected chi connectivity index (χ0v) is 18.5. The van der Waals surface area contributed by atoms with Crippen molar-refractivity contribution in [2.24, 2.45) is 0 Å². The van der Waals surface area contributed by atoms with Crippen LogP contribution in [0.4, 0.5) is 0 Å². The zero-order valence-electron chi connectivity index (χ0n) is 18.5. The van der Waals surface area contributed by atoms with E-state index in [9.17, 15) is 4.79 Å². The third-order valence-electron chi connectivity index (χ3n) is 6.01. The maximum absolute atomic E-state index is 12.4. The van der Waals surface area contributed by atoms with Crippen molar-refractivity contribution >= 4 is 17.1 Å². The summed E-state index contributed by atoms with van der Waals surface area (Å²) < 4.78 is 11.0. The van der Waals surface area contributed by atoms with Gasteiger partial charge in [0, 0.05) is 0 Å². The summed E-state index contributed by atoms with van der Waals surface area (Å²) >= 11 is 0. The molecule has 4 aromatic carbocycles. The Hall–Kier alpha value is -4.11. The first kappa shape index (κ1) is 20.8. The number of benzene rings is 4. The normalized spacial score (nSPS) is 12.8. The summed E-state index contributed by atoms with van der Waals surface area (Å²) in [5.74, 6) is 1.04. The molecule has 0 unspecified atom stereocenters. The van der Waals surface area contributed by atoms with Crippen molar-refractivity contribution in [2.45, 2.75) is 12.8 Å². The van der Waals surface area contributed by atoms with Crippen LogP contribution in [0.25, 0.3) is 11.1 Å². The minimum atomic E-state index is -0.359. The number of esters is 1. The highest BCUT2D eigenvalue weighted by atomic mass is 16.5. The Morgan fingerprint density at radius 1 is 0.697 bits per heavy atom. The van der Waals surface area contributed by atoms with Gasteiger partial charge in [-0.05, 0) is 82.6 Å². The van der Waals surface area contributed by atoms with Crippen molar-refractivity contribution in [3.63, 3.8) is 0 Å². The number of aryl methyl sites for hydroxylation is 1. The van der Waals surface area contributed by atoms with Crippen LogP contribution in [0.15, 0.2) is 103 Å². The number of methoxy groups -OCH3 is 1. The average molecular weight is 433 g/mol. The molecular weight excluding hydrogens is 408 g/mol.